The van der Waals surface area contributed by atoms with Crippen LogP contribution in [-0.4, -0.2) is 57.9 Å². The summed E-state index contributed by atoms with van der Waals surface area (Å²) in [7, 11) is 0. The van der Waals surface area contributed by atoms with Crippen LogP contribution in [0, 0.1) is 5.92 Å². The lowest BCUT2D eigenvalue weighted by Gasteiger charge is -2.12. The molecule has 1 aromatic carbocycles. The summed E-state index contributed by atoms with van der Waals surface area (Å²) in [4.78, 5) is 16.3. The molecule has 1 aliphatic rings. The molecule has 0 saturated carbocycles. The van der Waals surface area contributed by atoms with Gasteiger partial charge in [-0.2, -0.15) is 0 Å². The number of nitrogens with one attached hydrogen (secondary N) is 3. The highest BCUT2D eigenvalue weighted by molar-refractivity contribution is 5.94. The van der Waals surface area contributed by atoms with E-state index in [9.17, 15) is 4.79 Å². The molecule has 3 N–H and O–H groups in total. The van der Waals surface area contributed by atoms with Crippen LogP contribution in [-0.2, 0) is 14.3 Å². The lowest BCUT2D eigenvalue weighted by atomic mass is 10.1. The van der Waals surface area contributed by atoms with Gasteiger partial charge in [0, 0.05) is 37.9 Å². The monoisotopic (exact) mass is 362 g/mol. The number of anilines is 1. The zero-order chi connectivity index (χ0) is 18.5. The van der Waals surface area contributed by atoms with Crippen molar-refractivity contribution in [3.05, 3.63) is 30.3 Å². The van der Waals surface area contributed by atoms with E-state index in [4.69, 9.17) is 9.47 Å². The van der Waals surface area contributed by atoms with Gasteiger partial charge in [0.25, 0.3) is 0 Å². The van der Waals surface area contributed by atoms with E-state index in [1.54, 1.807) is 0 Å². The Morgan fingerprint density at radius 3 is 2.88 bits per heavy atom. The van der Waals surface area contributed by atoms with Gasteiger partial charge in [0.1, 0.15) is 6.54 Å². The Bertz CT molecular complexity index is 545. The highest BCUT2D eigenvalue weighted by Gasteiger charge is 2.15. The van der Waals surface area contributed by atoms with Gasteiger partial charge in [0.15, 0.2) is 5.96 Å². The highest BCUT2D eigenvalue weighted by Crippen LogP contribution is 2.12. The van der Waals surface area contributed by atoms with Crippen LogP contribution < -0.4 is 16.0 Å². The van der Waals surface area contributed by atoms with Gasteiger partial charge in [0.2, 0.25) is 5.91 Å². The Labute approximate surface area is 155 Å². The predicted octanol–water partition coefficient (Wildman–Crippen LogP) is 1.62. The topological polar surface area (TPSA) is 84.0 Å². The van der Waals surface area contributed by atoms with Crippen molar-refractivity contribution in [1.82, 2.24) is 10.6 Å². The third-order valence-corrected chi connectivity index (χ3v) is 3.92. The van der Waals surface area contributed by atoms with E-state index < -0.39 is 0 Å². The normalized spacial score (nSPS) is 17.1. The summed E-state index contributed by atoms with van der Waals surface area (Å²) in [6.45, 7) is 6.70. The molecule has 1 unspecified atom stereocenters. The fraction of sp³-hybridized carbons (Fsp3) is 0.579. The molecular formula is C19H30N4O3. The molecule has 0 spiro atoms. The van der Waals surface area contributed by atoms with Crippen molar-refractivity contribution >= 4 is 17.6 Å². The molecule has 1 aromatic rings. The number of rotatable bonds is 10. The van der Waals surface area contributed by atoms with Crippen molar-refractivity contribution in [2.75, 3.05) is 51.4 Å². The second kappa shape index (κ2) is 12.3. The third-order valence-electron chi connectivity index (χ3n) is 3.92. The van der Waals surface area contributed by atoms with Crippen LogP contribution >= 0.6 is 0 Å². The van der Waals surface area contributed by atoms with Crippen LogP contribution in [0.5, 0.6) is 0 Å². The van der Waals surface area contributed by atoms with Gasteiger partial charge in [-0.3, -0.25) is 4.79 Å². The van der Waals surface area contributed by atoms with Crippen LogP contribution in [0.2, 0.25) is 0 Å². The molecule has 0 aliphatic carbocycles. The Morgan fingerprint density at radius 1 is 1.31 bits per heavy atom. The van der Waals surface area contributed by atoms with Crippen LogP contribution in [0.1, 0.15) is 19.8 Å². The summed E-state index contributed by atoms with van der Waals surface area (Å²) in [5.41, 5.74) is 0.774. The maximum atomic E-state index is 12.0. The third kappa shape index (κ3) is 8.31. The Balaban J connectivity index is 1.61. The van der Waals surface area contributed by atoms with Crippen molar-refractivity contribution in [3.8, 4) is 0 Å². The molecule has 7 heteroatoms. The smallest absolute Gasteiger partial charge is 0.246 e. The molecule has 0 aromatic heterocycles. The average Bonchev–Trinajstić information content (AvgIpc) is 3.16. The van der Waals surface area contributed by atoms with Gasteiger partial charge >= 0.3 is 0 Å². The number of benzene rings is 1. The Kier molecular flexibility index (Phi) is 9.53. The van der Waals surface area contributed by atoms with Crippen LogP contribution in [0.25, 0.3) is 0 Å². The van der Waals surface area contributed by atoms with E-state index in [0.717, 1.165) is 51.4 Å². The maximum absolute atomic E-state index is 12.0. The largest absolute Gasteiger partial charge is 0.381 e. The number of carbonyl (C=O) groups is 1. The lowest BCUT2D eigenvalue weighted by molar-refractivity contribution is -0.114. The molecule has 0 bridgehead atoms. The Morgan fingerprint density at radius 2 is 2.15 bits per heavy atom. The predicted molar refractivity (Wildman–Crippen MR) is 103 cm³/mol. The van der Waals surface area contributed by atoms with E-state index in [-0.39, 0.29) is 12.5 Å². The molecule has 1 aliphatic heterocycles. The van der Waals surface area contributed by atoms with Crippen molar-refractivity contribution in [1.29, 1.82) is 0 Å². The minimum atomic E-state index is -0.143. The first-order chi connectivity index (χ1) is 12.8. The van der Waals surface area contributed by atoms with Crippen molar-refractivity contribution in [2.24, 2.45) is 10.9 Å². The first-order valence-corrected chi connectivity index (χ1v) is 9.30. The van der Waals surface area contributed by atoms with Crippen LogP contribution in [0.4, 0.5) is 5.69 Å². The minimum Gasteiger partial charge on any atom is -0.381 e. The fourth-order valence-electron chi connectivity index (χ4n) is 2.56. The molecule has 1 atom stereocenters. The first-order valence-electron chi connectivity index (χ1n) is 9.30. The summed E-state index contributed by atoms with van der Waals surface area (Å²) in [6.07, 6.45) is 1.98. The average molecular weight is 362 g/mol. The van der Waals surface area contributed by atoms with Crippen LogP contribution in [0.15, 0.2) is 35.3 Å². The van der Waals surface area contributed by atoms with Gasteiger partial charge < -0.3 is 25.4 Å². The summed E-state index contributed by atoms with van der Waals surface area (Å²) >= 11 is 0. The molecular weight excluding hydrogens is 332 g/mol. The van der Waals surface area contributed by atoms with Gasteiger partial charge in [0.05, 0.1) is 13.2 Å². The number of para-hydroxylation sites is 1. The molecule has 1 heterocycles. The van der Waals surface area contributed by atoms with Crippen molar-refractivity contribution in [2.45, 2.75) is 19.8 Å². The number of guanidine groups is 1. The Hall–Kier alpha value is -2.12. The second-order valence-corrected chi connectivity index (χ2v) is 6.19. The second-order valence-electron chi connectivity index (χ2n) is 6.19. The van der Waals surface area contributed by atoms with E-state index in [0.29, 0.717) is 18.5 Å². The summed E-state index contributed by atoms with van der Waals surface area (Å²) in [6, 6.07) is 9.37. The molecule has 144 valence electrons. The van der Waals surface area contributed by atoms with E-state index in [1.165, 1.54) is 0 Å². The van der Waals surface area contributed by atoms with Crippen molar-refractivity contribution < 1.29 is 14.3 Å². The van der Waals surface area contributed by atoms with Gasteiger partial charge in [-0.05, 0) is 31.9 Å². The zero-order valence-corrected chi connectivity index (χ0v) is 15.5. The van der Waals surface area contributed by atoms with Gasteiger partial charge in [-0.1, -0.05) is 18.2 Å². The van der Waals surface area contributed by atoms with Gasteiger partial charge in [-0.15, -0.1) is 0 Å². The van der Waals surface area contributed by atoms with Gasteiger partial charge in [-0.25, -0.2) is 4.99 Å². The highest BCUT2D eigenvalue weighted by atomic mass is 16.5. The minimum absolute atomic E-state index is 0.0718. The molecule has 1 amide bonds. The standard InChI is InChI=1S/C19H30N4O3/c1-2-20-19(21-10-6-11-25-14-16-9-12-26-15-16)22-13-18(24)23-17-7-4-3-5-8-17/h3-5,7-8,16H,2,6,9-15H2,1H3,(H,23,24)(H2,20,21,22). The number of hydrogen-bond donors (Lipinski definition) is 3. The molecule has 1 saturated heterocycles. The quantitative estimate of drug-likeness (QED) is 0.335. The number of aliphatic imine (C=N–C) groups is 1. The fourth-order valence-corrected chi connectivity index (χ4v) is 2.56. The molecule has 2 rings (SSSR count). The molecule has 7 nitrogen and oxygen atoms in total. The molecule has 0 radical (unpaired) electrons. The van der Waals surface area contributed by atoms with Crippen LogP contribution in [0.3, 0.4) is 0 Å². The summed E-state index contributed by atoms with van der Waals surface area (Å²) in [5.74, 6) is 1.04. The number of ether oxygens (including phenoxy) is 2. The summed E-state index contributed by atoms with van der Waals surface area (Å²) < 4.78 is 11.0. The zero-order valence-electron chi connectivity index (χ0n) is 15.5. The number of nitrogens with zero attached hydrogens (tertiary/aromatic N) is 1. The number of hydrogen-bond acceptors (Lipinski definition) is 4. The van der Waals surface area contributed by atoms with E-state index in [1.807, 2.05) is 37.3 Å². The maximum Gasteiger partial charge on any atom is 0.246 e. The van der Waals surface area contributed by atoms with E-state index >= 15 is 0 Å². The van der Waals surface area contributed by atoms with Crippen molar-refractivity contribution in [3.63, 3.8) is 0 Å². The molecule has 1 fully saturated rings. The van der Waals surface area contributed by atoms with E-state index in [2.05, 4.69) is 20.9 Å². The first kappa shape index (κ1) is 20.2. The SMILES string of the molecule is CCNC(=NCC(=O)Nc1ccccc1)NCCCOCC1CCOC1. The summed E-state index contributed by atoms with van der Waals surface area (Å²) in [5, 5.41) is 9.18. The number of carbonyl (C=O) groups excluding carboxylic acids is 1. The molecule has 26 heavy (non-hydrogen) atoms. The lowest BCUT2D eigenvalue weighted by Crippen LogP contribution is -2.38. The number of amides is 1.